The van der Waals surface area contributed by atoms with Crippen LogP contribution in [0, 0.1) is 0 Å². The summed E-state index contributed by atoms with van der Waals surface area (Å²) in [6.45, 7) is -0.851. The van der Waals surface area contributed by atoms with Crippen LogP contribution >= 0.6 is 15.4 Å². The van der Waals surface area contributed by atoms with Crippen LogP contribution in [0.2, 0.25) is 0 Å². The summed E-state index contributed by atoms with van der Waals surface area (Å²) in [5.74, 6) is 0.110. The van der Waals surface area contributed by atoms with Crippen molar-refractivity contribution in [2.45, 2.75) is 62.4 Å². The van der Waals surface area contributed by atoms with Gasteiger partial charge in [-0.05, 0) is 18.4 Å². The molecule has 222 valence electrons. The Morgan fingerprint density at radius 1 is 1.10 bits per heavy atom. The number of carbonyl (C=O) groups excluding carboxylic acids is 1. The number of phosphoric acid groups is 1. The molecule has 0 bridgehead atoms. The number of benzene rings is 1. The van der Waals surface area contributed by atoms with Crippen molar-refractivity contribution in [3.63, 3.8) is 0 Å². The molecule has 3 unspecified atom stereocenters. The lowest BCUT2D eigenvalue weighted by Gasteiger charge is -2.32. The lowest BCUT2D eigenvalue weighted by molar-refractivity contribution is -0.234. The predicted molar refractivity (Wildman–Crippen MR) is 138 cm³/mol. The van der Waals surface area contributed by atoms with Gasteiger partial charge < -0.3 is 39.1 Å². The van der Waals surface area contributed by atoms with Crippen molar-refractivity contribution < 1.29 is 47.5 Å². The van der Waals surface area contributed by atoms with Crippen molar-refractivity contribution in [2.24, 2.45) is 0 Å². The third kappa shape index (κ3) is 7.17. The van der Waals surface area contributed by atoms with Crippen LogP contribution in [0.15, 0.2) is 43.0 Å². The number of fused-ring (bicyclic) bond motifs is 1. The lowest BCUT2D eigenvalue weighted by atomic mass is 10.1. The average molecular weight is 610 g/mol. The number of anilines is 1. The van der Waals surface area contributed by atoms with E-state index >= 15 is 0 Å². The molecule has 1 aromatic carbocycles. The Bertz CT molecular complexity index is 1470. The van der Waals surface area contributed by atoms with Crippen molar-refractivity contribution in [3.05, 3.63) is 48.5 Å². The molecule has 0 radical (unpaired) electrons. The number of imidazole rings is 1. The number of aliphatic hydroxyl groups is 2. The second-order valence-electron chi connectivity index (χ2n) is 9.75. The van der Waals surface area contributed by atoms with Gasteiger partial charge in [0, 0.05) is 12.2 Å². The highest BCUT2D eigenvalue weighted by molar-refractivity contribution is 7.62. The first-order chi connectivity index (χ1) is 19.5. The van der Waals surface area contributed by atoms with Crippen molar-refractivity contribution in [1.29, 1.82) is 0 Å². The number of aromatic nitrogens is 4. The Balaban J connectivity index is 1.22. The maximum Gasteiger partial charge on any atom is 0.320 e. The van der Waals surface area contributed by atoms with Gasteiger partial charge in [-0.25, -0.2) is 19.7 Å². The van der Waals surface area contributed by atoms with Crippen LogP contribution in [-0.2, 0) is 28.9 Å². The van der Waals surface area contributed by atoms with Crippen LogP contribution < -0.4 is 20.4 Å². The van der Waals surface area contributed by atoms with E-state index in [1.54, 1.807) is 18.2 Å². The molecule has 41 heavy (non-hydrogen) atoms. The Hall–Kier alpha value is -2.78. The summed E-state index contributed by atoms with van der Waals surface area (Å²) in [6.07, 6.45) is -0.263. The Kier molecular flexibility index (Phi) is 8.85. The van der Waals surface area contributed by atoms with Crippen LogP contribution in [0.3, 0.4) is 0 Å². The van der Waals surface area contributed by atoms with Gasteiger partial charge in [-0.1, -0.05) is 43.2 Å². The zero-order valence-electron chi connectivity index (χ0n) is 21.5. The average Bonchev–Trinajstić information content (AvgIpc) is 3.64. The van der Waals surface area contributed by atoms with Crippen molar-refractivity contribution >= 4 is 38.4 Å². The number of hydrogen-bond acceptors (Lipinski definition) is 13. The molecule has 5 rings (SSSR count). The monoisotopic (exact) mass is 610 g/mol. The van der Waals surface area contributed by atoms with E-state index in [1.165, 1.54) is 29.4 Å². The summed E-state index contributed by atoms with van der Waals surface area (Å²) in [4.78, 5) is 49.3. The Morgan fingerprint density at radius 2 is 1.83 bits per heavy atom. The predicted octanol–water partition coefficient (Wildman–Crippen LogP) is 0.765. The molecule has 3 heterocycles. The number of amides is 2. The third-order valence-electron chi connectivity index (χ3n) is 6.73. The standard InChI is InChI=1S/C23H30N6O10P2/c30-18-16(10-37-41(35,36)39-40(33,34)11-14-6-2-1-3-7-14)38-22(19(18)31)29-13-26-17-20(24-12-25-21(17)29)28-23(32)27-15-8-4-5-9-15/h1-3,6-7,12-13,15-16,18-19,22,30-31H,4-5,8-11H2,(H,33,34)(H,35,36)(H2,24,25,27,28,32)/p-2/t16-,18?,19+,22-/m1/s1. The molecule has 1 saturated carbocycles. The molecule has 0 spiro atoms. The van der Waals surface area contributed by atoms with E-state index in [-0.39, 0.29) is 23.0 Å². The van der Waals surface area contributed by atoms with Crippen LogP contribution in [0.4, 0.5) is 10.6 Å². The number of ether oxygens (including phenoxy) is 1. The van der Waals surface area contributed by atoms with Crippen LogP contribution in [0.5, 0.6) is 0 Å². The molecular formula is C23H28N6O10P2-2. The van der Waals surface area contributed by atoms with Crippen molar-refractivity contribution in [3.8, 4) is 0 Å². The Morgan fingerprint density at radius 3 is 2.56 bits per heavy atom. The Labute approximate surface area is 233 Å². The molecular weight excluding hydrogens is 582 g/mol. The van der Waals surface area contributed by atoms with Gasteiger partial charge in [-0.3, -0.25) is 18.8 Å². The highest BCUT2D eigenvalue weighted by Crippen LogP contribution is 2.56. The topological polar surface area (TPSA) is 233 Å². The van der Waals surface area contributed by atoms with E-state index in [0.717, 1.165) is 25.7 Å². The number of phosphoric ester groups is 1. The molecule has 3 aromatic rings. The highest BCUT2D eigenvalue weighted by atomic mass is 31.3. The van der Waals surface area contributed by atoms with E-state index in [2.05, 4.69) is 34.4 Å². The zero-order valence-corrected chi connectivity index (χ0v) is 23.3. The molecule has 6 atom stereocenters. The van der Waals surface area contributed by atoms with Crippen LogP contribution in [0.1, 0.15) is 37.5 Å². The summed E-state index contributed by atoms with van der Waals surface area (Å²) in [7, 11) is -10.3. The summed E-state index contributed by atoms with van der Waals surface area (Å²) >= 11 is 0. The summed E-state index contributed by atoms with van der Waals surface area (Å²) in [5.41, 5.74) is 0.650. The number of nitrogens with zero attached hydrogens (tertiary/aromatic N) is 4. The summed E-state index contributed by atoms with van der Waals surface area (Å²) in [6, 6.07) is 7.45. The third-order valence-corrected chi connectivity index (χ3v) is 9.75. The molecule has 2 aliphatic rings. The number of urea groups is 1. The van der Waals surface area contributed by atoms with Crippen LogP contribution in [0.25, 0.3) is 11.2 Å². The zero-order chi connectivity index (χ0) is 29.2. The summed E-state index contributed by atoms with van der Waals surface area (Å²) in [5, 5.41) is 26.6. The number of nitrogens with one attached hydrogen (secondary N) is 2. The normalized spacial score (nSPS) is 26.0. The first-order valence-corrected chi connectivity index (χ1v) is 16.0. The van der Waals surface area contributed by atoms with Gasteiger partial charge in [-0.15, -0.1) is 0 Å². The smallest absolute Gasteiger partial charge is 0.320 e. The minimum atomic E-state index is -5.38. The van der Waals surface area contributed by atoms with Gasteiger partial charge in [0.15, 0.2) is 23.2 Å². The maximum atomic E-state index is 12.4. The van der Waals surface area contributed by atoms with Gasteiger partial charge in [0.25, 0.3) is 7.82 Å². The second kappa shape index (κ2) is 12.2. The fourth-order valence-corrected chi connectivity index (χ4v) is 7.43. The van der Waals surface area contributed by atoms with E-state index in [1.807, 2.05) is 0 Å². The quantitative estimate of drug-likeness (QED) is 0.233. The van der Waals surface area contributed by atoms with Gasteiger partial charge >= 0.3 is 6.03 Å². The molecule has 2 aromatic heterocycles. The number of aliphatic hydroxyl groups excluding tert-OH is 2. The van der Waals surface area contributed by atoms with E-state index in [9.17, 15) is 33.9 Å². The first-order valence-electron chi connectivity index (χ1n) is 12.8. The molecule has 4 N–H and O–H groups in total. The van der Waals surface area contributed by atoms with Gasteiger partial charge in [0.2, 0.25) is 0 Å². The van der Waals surface area contributed by atoms with E-state index in [0.29, 0.717) is 5.56 Å². The number of carbonyl (C=O) groups is 1. The van der Waals surface area contributed by atoms with Crippen molar-refractivity contribution in [2.75, 3.05) is 11.9 Å². The van der Waals surface area contributed by atoms with Gasteiger partial charge in [0.05, 0.1) is 12.9 Å². The SMILES string of the molecule is O=C(Nc1ncnc2c1ncn2[C@@H]1O[C@H](COP(=O)([O-])OP(=O)([O-])Cc2ccccc2)C(O)[C@@H]1O)NC1CCCC1. The minimum Gasteiger partial charge on any atom is -0.778 e. The highest BCUT2D eigenvalue weighted by Gasteiger charge is 2.45. The van der Waals surface area contributed by atoms with Gasteiger partial charge in [-0.2, -0.15) is 0 Å². The fraction of sp³-hybridized carbons (Fsp3) is 0.478. The lowest BCUT2D eigenvalue weighted by Crippen LogP contribution is -2.36. The number of hydrogen-bond donors (Lipinski definition) is 4. The van der Waals surface area contributed by atoms with Crippen molar-refractivity contribution in [1.82, 2.24) is 24.8 Å². The molecule has 1 aliphatic heterocycles. The molecule has 1 saturated heterocycles. The van der Waals surface area contributed by atoms with E-state index in [4.69, 9.17) is 4.74 Å². The molecule has 18 heteroatoms. The van der Waals surface area contributed by atoms with Crippen LogP contribution in [-0.4, -0.2) is 66.7 Å². The first kappa shape index (κ1) is 29.7. The molecule has 16 nitrogen and oxygen atoms in total. The largest absolute Gasteiger partial charge is 0.778 e. The maximum absolute atomic E-state index is 12.4. The molecule has 2 fully saturated rings. The van der Waals surface area contributed by atoms with E-state index < -0.39 is 58.8 Å². The molecule has 1 aliphatic carbocycles. The molecule has 2 amide bonds. The fourth-order valence-electron chi connectivity index (χ4n) is 4.80. The summed E-state index contributed by atoms with van der Waals surface area (Å²) < 4.78 is 40.4. The number of rotatable bonds is 10. The van der Waals surface area contributed by atoms with Gasteiger partial charge in [0.1, 0.15) is 32.2 Å². The minimum absolute atomic E-state index is 0.0758. The second-order valence-corrected chi connectivity index (χ2v) is 13.1.